The maximum atomic E-state index is 12.1. The van der Waals surface area contributed by atoms with Crippen molar-refractivity contribution in [3.63, 3.8) is 0 Å². The lowest BCUT2D eigenvalue weighted by Crippen LogP contribution is -2.02. The standard InChI is InChI=1S/C13H10O7/c14-7-3-11(18)9(16)1-5(7)13(20)6-2-10(17)12(19)4-8(6)15/h1-4,14-19H. The summed E-state index contributed by atoms with van der Waals surface area (Å²) in [6.45, 7) is 0. The van der Waals surface area contributed by atoms with Gasteiger partial charge in [0.05, 0.1) is 11.1 Å². The SMILES string of the molecule is O=C(c1cc(O)c(O)cc1O)c1cc(O)c(O)cc1O. The second-order valence-electron chi connectivity index (χ2n) is 4.05. The van der Waals surface area contributed by atoms with Crippen molar-refractivity contribution in [2.45, 2.75) is 0 Å². The smallest absolute Gasteiger partial charge is 0.200 e. The summed E-state index contributed by atoms with van der Waals surface area (Å²) in [5.74, 6) is -4.63. The van der Waals surface area contributed by atoms with Crippen LogP contribution in [0.2, 0.25) is 0 Å². The zero-order valence-corrected chi connectivity index (χ0v) is 9.90. The number of rotatable bonds is 2. The van der Waals surface area contributed by atoms with Crippen LogP contribution in [-0.2, 0) is 0 Å². The van der Waals surface area contributed by atoms with Gasteiger partial charge in [-0.05, 0) is 12.1 Å². The molecule has 0 heterocycles. The predicted molar refractivity (Wildman–Crippen MR) is 66.3 cm³/mol. The van der Waals surface area contributed by atoms with Crippen LogP contribution in [0.3, 0.4) is 0 Å². The molecule has 0 aliphatic carbocycles. The summed E-state index contributed by atoms with van der Waals surface area (Å²) < 4.78 is 0. The third-order valence-corrected chi connectivity index (χ3v) is 2.68. The van der Waals surface area contributed by atoms with Gasteiger partial charge in [-0.25, -0.2) is 0 Å². The van der Waals surface area contributed by atoms with Crippen molar-refractivity contribution in [1.82, 2.24) is 0 Å². The number of carbonyl (C=O) groups excluding carboxylic acids is 1. The van der Waals surface area contributed by atoms with E-state index in [0.29, 0.717) is 0 Å². The molecule has 104 valence electrons. The van der Waals surface area contributed by atoms with Crippen molar-refractivity contribution in [2.75, 3.05) is 0 Å². The molecule has 0 saturated carbocycles. The van der Waals surface area contributed by atoms with Crippen LogP contribution in [0.4, 0.5) is 0 Å². The normalized spacial score (nSPS) is 10.4. The zero-order valence-electron chi connectivity index (χ0n) is 9.90. The van der Waals surface area contributed by atoms with E-state index in [-0.39, 0.29) is 11.1 Å². The third kappa shape index (κ3) is 2.12. The van der Waals surface area contributed by atoms with E-state index in [9.17, 15) is 25.2 Å². The molecule has 0 aliphatic rings. The lowest BCUT2D eigenvalue weighted by atomic mass is 10.0. The van der Waals surface area contributed by atoms with Crippen molar-refractivity contribution in [3.8, 4) is 34.5 Å². The first-order chi connectivity index (χ1) is 9.31. The summed E-state index contributed by atoms with van der Waals surface area (Å²) in [4.78, 5) is 12.1. The van der Waals surface area contributed by atoms with Gasteiger partial charge in [-0.2, -0.15) is 0 Å². The summed E-state index contributed by atoms with van der Waals surface area (Å²) in [6.07, 6.45) is 0. The number of ketones is 1. The minimum absolute atomic E-state index is 0.388. The van der Waals surface area contributed by atoms with E-state index in [1.807, 2.05) is 0 Å². The summed E-state index contributed by atoms with van der Waals surface area (Å²) in [7, 11) is 0. The van der Waals surface area contributed by atoms with Crippen LogP contribution < -0.4 is 0 Å². The highest BCUT2D eigenvalue weighted by Crippen LogP contribution is 2.37. The van der Waals surface area contributed by atoms with E-state index in [1.54, 1.807) is 0 Å². The van der Waals surface area contributed by atoms with Crippen LogP contribution in [0.25, 0.3) is 0 Å². The predicted octanol–water partition coefficient (Wildman–Crippen LogP) is 1.15. The highest BCUT2D eigenvalue weighted by atomic mass is 16.3. The first-order valence-corrected chi connectivity index (χ1v) is 5.36. The Morgan fingerprint density at radius 2 is 0.850 bits per heavy atom. The molecule has 6 N–H and O–H groups in total. The van der Waals surface area contributed by atoms with E-state index < -0.39 is 40.3 Å². The lowest BCUT2D eigenvalue weighted by molar-refractivity contribution is 0.103. The summed E-state index contributed by atoms with van der Waals surface area (Å²) >= 11 is 0. The van der Waals surface area contributed by atoms with Crippen molar-refractivity contribution in [2.24, 2.45) is 0 Å². The molecule has 0 saturated heterocycles. The Labute approximate surface area is 112 Å². The van der Waals surface area contributed by atoms with E-state index in [2.05, 4.69) is 0 Å². The second kappa shape index (κ2) is 4.54. The molecule has 20 heavy (non-hydrogen) atoms. The molecule has 2 aromatic rings. The Morgan fingerprint density at radius 1 is 0.550 bits per heavy atom. The number of phenols is 6. The van der Waals surface area contributed by atoms with Crippen LogP contribution in [0.5, 0.6) is 34.5 Å². The fourth-order valence-electron chi connectivity index (χ4n) is 1.64. The lowest BCUT2D eigenvalue weighted by Gasteiger charge is -2.08. The number of hydrogen-bond acceptors (Lipinski definition) is 7. The molecule has 7 heteroatoms. The molecule has 0 amide bonds. The monoisotopic (exact) mass is 278 g/mol. The number of hydrogen-bond donors (Lipinski definition) is 6. The number of carbonyl (C=O) groups is 1. The van der Waals surface area contributed by atoms with E-state index in [4.69, 9.17) is 10.2 Å². The molecule has 0 atom stereocenters. The maximum absolute atomic E-state index is 12.1. The largest absolute Gasteiger partial charge is 0.507 e. The van der Waals surface area contributed by atoms with Gasteiger partial charge in [-0.3, -0.25) is 4.79 Å². The van der Waals surface area contributed by atoms with Gasteiger partial charge in [0.2, 0.25) is 5.78 Å². The molecule has 0 spiro atoms. The van der Waals surface area contributed by atoms with Crippen molar-refractivity contribution >= 4 is 5.78 Å². The number of benzene rings is 2. The van der Waals surface area contributed by atoms with Crippen molar-refractivity contribution in [3.05, 3.63) is 35.4 Å². The Balaban J connectivity index is 2.57. The summed E-state index contributed by atoms with van der Waals surface area (Å²) in [5.41, 5.74) is -0.777. The molecule has 0 radical (unpaired) electrons. The first kappa shape index (κ1) is 13.3. The molecule has 0 fully saturated rings. The molecule has 0 aliphatic heterocycles. The Bertz CT molecular complexity index is 647. The molecule has 0 aromatic heterocycles. The number of aromatic hydroxyl groups is 6. The quantitative estimate of drug-likeness (QED) is 0.275. The van der Waals surface area contributed by atoms with E-state index in [0.717, 1.165) is 24.3 Å². The topological polar surface area (TPSA) is 138 Å². The van der Waals surface area contributed by atoms with Crippen LogP contribution in [0.15, 0.2) is 24.3 Å². The highest BCUT2D eigenvalue weighted by Gasteiger charge is 2.21. The van der Waals surface area contributed by atoms with Gasteiger partial charge >= 0.3 is 0 Å². The minimum atomic E-state index is -0.911. The van der Waals surface area contributed by atoms with Crippen molar-refractivity contribution in [1.29, 1.82) is 0 Å². The molecule has 0 bridgehead atoms. The van der Waals surface area contributed by atoms with Gasteiger partial charge in [0.1, 0.15) is 11.5 Å². The second-order valence-corrected chi connectivity index (χ2v) is 4.05. The molecular weight excluding hydrogens is 268 g/mol. The Hall–Kier alpha value is -3.09. The van der Waals surface area contributed by atoms with Crippen LogP contribution >= 0.6 is 0 Å². The molecule has 0 unspecified atom stereocenters. The maximum Gasteiger partial charge on any atom is 0.200 e. The molecule has 2 rings (SSSR count). The van der Waals surface area contributed by atoms with Gasteiger partial charge in [-0.15, -0.1) is 0 Å². The zero-order chi connectivity index (χ0) is 15.0. The van der Waals surface area contributed by atoms with E-state index in [1.165, 1.54) is 0 Å². The molecule has 2 aromatic carbocycles. The van der Waals surface area contributed by atoms with E-state index >= 15 is 0 Å². The van der Waals surface area contributed by atoms with Gasteiger partial charge in [0, 0.05) is 12.1 Å². The fraction of sp³-hybridized carbons (Fsp3) is 0. The van der Waals surface area contributed by atoms with Crippen molar-refractivity contribution < 1.29 is 35.4 Å². The van der Waals surface area contributed by atoms with Crippen LogP contribution in [0.1, 0.15) is 15.9 Å². The van der Waals surface area contributed by atoms with Gasteiger partial charge in [-0.1, -0.05) is 0 Å². The minimum Gasteiger partial charge on any atom is -0.507 e. The third-order valence-electron chi connectivity index (χ3n) is 2.68. The fourth-order valence-corrected chi connectivity index (χ4v) is 1.64. The molecule has 7 nitrogen and oxygen atoms in total. The summed E-state index contributed by atoms with van der Waals surface area (Å²) in [6, 6.07) is 3.16. The first-order valence-electron chi connectivity index (χ1n) is 5.36. The van der Waals surface area contributed by atoms with Gasteiger partial charge in [0.15, 0.2) is 23.0 Å². The van der Waals surface area contributed by atoms with Gasteiger partial charge < -0.3 is 30.6 Å². The highest BCUT2D eigenvalue weighted by molar-refractivity contribution is 6.13. The average molecular weight is 278 g/mol. The summed E-state index contributed by atoms with van der Waals surface area (Å²) in [5, 5.41) is 56.1. The van der Waals surface area contributed by atoms with Crippen LogP contribution in [0, 0.1) is 0 Å². The average Bonchev–Trinajstić information content (AvgIpc) is 2.37. The molecular formula is C13H10O7. The van der Waals surface area contributed by atoms with Crippen LogP contribution in [-0.4, -0.2) is 36.4 Å². The Morgan fingerprint density at radius 3 is 1.20 bits per heavy atom. The van der Waals surface area contributed by atoms with Gasteiger partial charge in [0.25, 0.3) is 0 Å². The Kier molecular flexibility index (Phi) is 3.03. The number of phenolic OH excluding ortho intramolecular Hbond substituents is 6.